The van der Waals surface area contributed by atoms with Gasteiger partial charge in [-0.2, -0.15) is 0 Å². The van der Waals surface area contributed by atoms with Gasteiger partial charge in [0.25, 0.3) is 5.69 Å². The number of non-ortho nitro benzene ring substituents is 1. The third kappa shape index (κ3) is 7.76. The number of allylic oxidation sites excluding steroid dienone is 1. The van der Waals surface area contributed by atoms with Crippen molar-refractivity contribution in [1.29, 1.82) is 0 Å². The smallest absolute Gasteiger partial charge is 0.331 e. The van der Waals surface area contributed by atoms with Crippen LogP contribution in [0.1, 0.15) is 103 Å². The zero-order valence-electron chi connectivity index (χ0n) is 23.0. The predicted molar refractivity (Wildman–Crippen MR) is 151 cm³/mol. The number of aromatic nitrogens is 1. The molecule has 0 aliphatic heterocycles. The molecule has 0 radical (unpaired) electrons. The van der Waals surface area contributed by atoms with E-state index < -0.39 is 5.97 Å². The lowest BCUT2D eigenvalue weighted by molar-refractivity contribution is -0.384. The Morgan fingerprint density at radius 3 is 2.35 bits per heavy atom. The lowest BCUT2D eigenvalue weighted by Crippen LogP contribution is -2.19. The lowest BCUT2D eigenvalue weighted by atomic mass is 9.86. The van der Waals surface area contributed by atoms with Crippen molar-refractivity contribution >= 4 is 34.3 Å². The van der Waals surface area contributed by atoms with E-state index in [1.165, 1.54) is 64.7 Å². The van der Waals surface area contributed by atoms with Crippen LogP contribution in [0.4, 0.5) is 5.69 Å². The van der Waals surface area contributed by atoms with Gasteiger partial charge in [0.15, 0.2) is 0 Å². The van der Waals surface area contributed by atoms with Crippen LogP contribution >= 0.6 is 0 Å². The van der Waals surface area contributed by atoms with E-state index in [4.69, 9.17) is 4.84 Å². The number of carbonyl (C=O) groups is 1. The molecular formula is C30H43N3O4. The van der Waals surface area contributed by atoms with Crippen LogP contribution in [0.2, 0.25) is 0 Å². The quantitative estimate of drug-likeness (QED) is 0.0843. The fourth-order valence-electron chi connectivity index (χ4n) is 5.53. The Morgan fingerprint density at radius 1 is 1.08 bits per heavy atom. The van der Waals surface area contributed by atoms with E-state index in [1.807, 2.05) is 13.0 Å². The normalized spacial score (nSPS) is 17.6. The van der Waals surface area contributed by atoms with Gasteiger partial charge < -0.3 is 9.40 Å². The van der Waals surface area contributed by atoms with Crippen molar-refractivity contribution in [3.05, 3.63) is 45.6 Å². The Labute approximate surface area is 221 Å². The molecule has 1 heterocycles. The first-order chi connectivity index (χ1) is 17.8. The lowest BCUT2D eigenvalue weighted by Gasteiger charge is -2.18. The molecule has 2 atom stereocenters. The largest absolute Gasteiger partial charge is 0.341 e. The number of oxime groups is 1. The molecule has 1 aromatic heterocycles. The zero-order valence-corrected chi connectivity index (χ0v) is 23.0. The van der Waals surface area contributed by atoms with Gasteiger partial charge in [-0.3, -0.25) is 10.1 Å². The monoisotopic (exact) mass is 509 g/mol. The Kier molecular flexibility index (Phi) is 10.9. The number of hydrogen-bond acceptors (Lipinski definition) is 5. The number of fused-ring (bicyclic) bond motifs is 3. The molecular weight excluding hydrogens is 466 g/mol. The molecule has 0 bridgehead atoms. The van der Waals surface area contributed by atoms with Crippen molar-refractivity contribution in [3.8, 4) is 0 Å². The summed E-state index contributed by atoms with van der Waals surface area (Å²) in [7, 11) is 0. The molecule has 1 aliphatic rings. The molecule has 7 nitrogen and oxygen atoms in total. The summed E-state index contributed by atoms with van der Waals surface area (Å²) < 4.78 is 2.34. The molecule has 1 aliphatic carbocycles. The van der Waals surface area contributed by atoms with Gasteiger partial charge in [-0.15, -0.1) is 0 Å². The summed E-state index contributed by atoms with van der Waals surface area (Å²) in [6.07, 6.45) is 17.9. The number of nitro benzene ring substituents is 1. The van der Waals surface area contributed by atoms with Crippen LogP contribution in [0.5, 0.6) is 0 Å². The molecule has 0 saturated carbocycles. The fourth-order valence-corrected chi connectivity index (χ4v) is 5.53. The topological polar surface area (TPSA) is 86.7 Å². The highest BCUT2D eigenvalue weighted by Crippen LogP contribution is 2.37. The molecule has 7 heteroatoms. The summed E-state index contributed by atoms with van der Waals surface area (Å²) in [5.74, 6) is -0.215. The molecule has 1 aromatic carbocycles. The highest BCUT2D eigenvalue weighted by molar-refractivity contribution is 5.92. The van der Waals surface area contributed by atoms with Crippen molar-refractivity contribution in [1.82, 2.24) is 4.57 Å². The third-order valence-corrected chi connectivity index (χ3v) is 7.54. The number of unbranched alkanes of at least 4 members (excludes halogenated alkanes) is 9. The van der Waals surface area contributed by atoms with Gasteiger partial charge in [0.1, 0.15) is 0 Å². The molecule has 3 rings (SSSR count). The van der Waals surface area contributed by atoms with Crippen LogP contribution in [-0.2, 0) is 22.6 Å². The van der Waals surface area contributed by atoms with Crippen LogP contribution in [0.25, 0.3) is 17.0 Å². The third-order valence-electron chi connectivity index (χ3n) is 7.54. The van der Waals surface area contributed by atoms with Gasteiger partial charge in [-0.1, -0.05) is 82.9 Å². The maximum Gasteiger partial charge on any atom is 0.331 e. The number of nitro groups is 1. The number of nitrogens with zero attached hydrogens (tertiary/aromatic N) is 3. The Hall–Kier alpha value is -2.96. The highest BCUT2D eigenvalue weighted by Gasteiger charge is 2.27. The van der Waals surface area contributed by atoms with Crippen LogP contribution in [0, 0.1) is 22.0 Å². The molecule has 1 unspecified atom stereocenters. The first-order valence-electron chi connectivity index (χ1n) is 14.0. The van der Waals surface area contributed by atoms with Crippen molar-refractivity contribution in [2.75, 3.05) is 0 Å². The summed E-state index contributed by atoms with van der Waals surface area (Å²) in [5, 5.41) is 16.5. The van der Waals surface area contributed by atoms with E-state index in [-0.39, 0.29) is 22.4 Å². The van der Waals surface area contributed by atoms with Crippen molar-refractivity contribution in [2.45, 2.75) is 105 Å². The van der Waals surface area contributed by atoms with Crippen LogP contribution in [0.3, 0.4) is 0 Å². The van der Waals surface area contributed by atoms with Crippen LogP contribution in [0.15, 0.2) is 29.4 Å². The van der Waals surface area contributed by atoms with Gasteiger partial charge >= 0.3 is 5.97 Å². The second-order valence-corrected chi connectivity index (χ2v) is 10.5. The average Bonchev–Trinajstić information content (AvgIpc) is 3.03. The molecule has 0 N–H and O–H groups in total. The SMILES string of the molecule is CCCCCCCCCCCCn1c2c(c3cc([N+](=O)[O-])ccc31)C[C@@H](C)C(/C(C)=N/OC(C)=O)C=C2. The molecule has 37 heavy (non-hydrogen) atoms. The number of carbonyl (C=O) groups excluding carboxylic acids is 1. The van der Waals surface area contributed by atoms with E-state index >= 15 is 0 Å². The standard InChI is InChI=1S/C30H43N3O4/c1-5-6-7-8-9-10-11-12-13-14-19-32-29-17-15-25(33(35)36)21-28(29)27-20-22(2)26(16-18-30(27)32)23(3)31-37-24(4)34/h15-18,21-22,26H,5-14,19-20H2,1-4H3/b31-23+/t22-,26?/m1/s1. The summed E-state index contributed by atoms with van der Waals surface area (Å²) in [6.45, 7) is 8.52. The van der Waals surface area contributed by atoms with Gasteiger partial charge in [0.2, 0.25) is 0 Å². The maximum atomic E-state index is 11.5. The van der Waals surface area contributed by atoms with Crippen molar-refractivity contribution < 1.29 is 14.6 Å². The summed E-state index contributed by atoms with van der Waals surface area (Å²) in [5.41, 5.74) is 4.21. The Bertz CT molecular complexity index is 1130. The second-order valence-electron chi connectivity index (χ2n) is 10.5. The fraction of sp³-hybridized carbons (Fsp3) is 0.600. The maximum absolute atomic E-state index is 11.5. The van der Waals surface area contributed by atoms with Gasteiger partial charge in [-0.25, -0.2) is 4.79 Å². The molecule has 2 aromatic rings. The van der Waals surface area contributed by atoms with E-state index in [9.17, 15) is 14.9 Å². The minimum absolute atomic E-state index is 0.0197. The number of rotatable bonds is 14. The van der Waals surface area contributed by atoms with Crippen LogP contribution in [-0.4, -0.2) is 21.2 Å². The zero-order chi connectivity index (χ0) is 26.8. The highest BCUT2D eigenvalue weighted by atomic mass is 16.7. The molecule has 0 amide bonds. The van der Waals surface area contributed by atoms with Gasteiger partial charge in [-0.05, 0) is 43.4 Å². The van der Waals surface area contributed by atoms with Crippen LogP contribution < -0.4 is 0 Å². The summed E-state index contributed by atoms with van der Waals surface area (Å²) in [4.78, 5) is 27.3. The van der Waals surface area contributed by atoms with Crippen molar-refractivity contribution in [2.24, 2.45) is 17.0 Å². The molecule has 0 saturated heterocycles. The van der Waals surface area contributed by atoms with E-state index in [0.717, 1.165) is 47.3 Å². The first-order valence-corrected chi connectivity index (χ1v) is 14.0. The summed E-state index contributed by atoms with van der Waals surface area (Å²) >= 11 is 0. The van der Waals surface area contributed by atoms with Gasteiger partial charge in [0.05, 0.1) is 10.6 Å². The molecule has 0 spiro atoms. The second kappa shape index (κ2) is 14.1. The van der Waals surface area contributed by atoms with Crippen molar-refractivity contribution in [3.63, 3.8) is 0 Å². The van der Waals surface area contributed by atoms with E-state index in [1.54, 1.807) is 12.1 Å². The van der Waals surface area contributed by atoms with E-state index in [0.29, 0.717) is 0 Å². The minimum atomic E-state index is -0.436. The average molecular weight is 510 g/mol. The molecule has 0 fully saturated rings. The summed E-state index contributed by atoms with van der Waals surface area (Å²) in [6, 6.07) is 5.24. The predicted octanol–water partition coefficient (Wildman–Crippen LogP) is 8.23. The first kappa shape index (κ1) is 28.6. The van der Waals surface area contributed by atoms with Gasteiger partial charge in [0, 0.05) is 48.1 Å². The number of aryl methyl sites for hydroxylation is 1. The van der Waals surface area contributed by atoms with E-state index in [2.05, 4.69) is 35.7 Å². The minimum Gasteiger partial charge on any atom is -0.341 e. The number of hydrogen-bond donors (Lipinski definition) is 0. The number of benzene rings is 1. The molecule has 202 valence electrons. The Balaban J connectivity index is 1.76. The Morgan fingerprint density at radius 2 is 1.73 bits per heavy atom.